The van der Waals surface area contributed by atoms with Crippen molar-refractivity contribution in [2.24, 2.45) is 5.92 Å². The van der Waals surface area contributed by atoms with Crippen molar-refractivity contribution in [3.8, 4) is 0 Å². The van der Waals surface area contributed by atoms with Crippen LogP contribution in [0, 0.1) is 16.0 Å². The summed E-state index contributed by atoms with van der Waals surface area (Å²) in [5.41, 5.74) is -1.01. The Morgan fingerprint density at radius 1 is 1.03 bits per heavy atom. The summed E-state index contributed by atoms with van der Waals surface area (Å²) in [6.07, 6.45) is -0.411. The largest absolute Gasteiger partial charge is 0.518 e. The van der Waals surface area contributed by atoms with E-state index in [2.05, 4.69) is 0 Å². The third kappa shape index (κ3) is 5.53. The van der Waals surface area contributed by atoms with E-state index in [1.807, 2.05) is 41.5 Å². The maximum Gasteiger partial charge on any atom is 0.317 e. The zero-order valence-electron chi connectivity index (χ0n) is 20.0. The third-order valence-corrected chi connectivity index (χ3v) is 12.4. The Bertz CT molecular complexity index is 743. The van der Waals surface area contributed by atoms with E-state index < -0.39 is 43.1 Å². The maximum absolute atomic E-state index is 13.2. The van der Waals surface area contributed by atoms with E-state index in [9.17, 15) is 19.7 Å². The number of hydrogen-bond donors (Lipinski definition) is 0. The quantitative estimate of drug-likeness (QED) is 0.192. The summed E-state index contributed by atoms with van der Waals surface area (Å²) < 4.78 is 11.3. The van der Waals surface area contributed by atoms with Crippen molar-refractivity contribution >= 4 is 20.3 Å². The molecule has 31 heavy (non-hydrogen) atoms. The number of nitrogens with zero attached hydrogens (tertiary/aromatic N) is 1. The molecule has 0 saturated heterocycles. The molecule has 0 heterocycles. The van der Waals surface area contributed by atoms with Crippen LogP contribution in [0.4, 0.5) is 0 Å². The van der Waals surface area contributed by atoms with Crippen LogP contribution in [0.5, 0.6) is 0 Å². The lowest BCUT2D eigenvalue weighted by molar-refractivity contribution is -0.583. The fourth-order valence-electron chi connectivity index (χ4n) is 4.72. The predicted molar refractivity (Wildman–Crippen MR) is 123 cm³/mol. The second kappa shape index (κ2) is 10.9. The van der Waals surface area contributed by atoms with Gasteiger partial charge >= 0.3 is 5.97 Å². The molecule has 2 atom stereocenters. The van der Waals surface area contributed by atoms with Crippen molar-refractivity contribution in [1.82, 2.24) is 0 Å². The average Bonchev–Trinajstić information content (AvgIpc) is 2.69. The Kier molecular flexibility index (Phi) is 9.41. The second-order valence-corrected chi connectivity index (χ2v) is 14.4. The Morgan fingerprint density at radius 3 is 1.90 bits per heavy atom. The normalized spacial score (nSPS) is 14.9. The average molecular weight is 452 g/mol. The molecule has 7 nitrogen and oxygen atoms in total. The Morgan fingerprint density at radius 2 is 1.52 bits per heavy atom. The van der Waals surface area contributed by atoms with Crippen LogP contribution in [0.1, 0.15) is 67.4 Å². The van der Waals surface area contributed by atoms with Crippen molar-refractivity contribution in [2.75, 3.05) is 6.61 Å². The van der Waals surface area contributed by atoms with E-state index in [-0.39, 0.29) is 23.2 Å². The first-order valence-corrected chi connectivity index (χ1v) is 13.1. The highest BCUT2D eigenvalue weighted by Gasteiger charge is 2.55. The van der Waals surface area contributed by atoms with Crippen LogP contribution in [0.25, 0.3) is 0 Å². The van der Waals surface area contributed by atoms with Crippen molar-refractivity contribution in [1.29, 1.82) is 0 Å². The molecule has 1 aromatic carbocycles. The first-order chi connectivity index (χ1) is 14.3. The van der Waals surface area contributed by atoms with Crippen molar-refractivity contribution in [3.63, 3.8) is 0 Å². The van der Waals surface area contributed by atoms with Gasteiger partial charge in [0.05, 0.1) is 13.0 Å². The second-order valence-electron chi connectivity index (χ2n) is 9.07. The molecule has 0 fully saturated rings. The standard InChI is InChI=1S/C23H37NO6Si/c1-9-29-22(26)20(23(8,24(27)28)19-13-11-10-12-14-19)15-21(25)30-31(16(2)3,17(4)5)18(6)7/h10-14,16-18,20H,9,15H2,1-8H3/t20-,23-/m1/s1. The molecular weight excluding hydrogens is 414 g/mol. The molecule has 0 unspecified atom stereocenters. The van der Waals surface area contributed by atoms with Crippen LogP contribution in [0.2, 0.25) is 16.6 Å². The first-order valence-electron chi connectivity index (χ1n) is 10.9. The lowest BCUT2D eigenvalue weighted by atomic mass is 9.78. The SMILES string of the molecule is CCOC(=O)[C@@H](CC(=O)O[Si](C(C)C)(C(C)C)C(C)C)[C@@](C)(c1ccccc1)[N+](=O)[O-]. The third-order valence-electron chi connectivity index (χ3n) is 6.36. The van der Waals surface area contributed by atoms with Crippen LogP contribution < -0.4 is 0 Å². The minimum atomic E-state index is -2.55. The zero-order chi connectivity index (χ0) is 24.0. The van der Waals surface area contributed by atoms with E-state index in [1.54, 1.807) is 37.3 Å². The van der Waals surface area contributed by atoms with Crippen LogP contribution in [0.3, 0.4) is 0 Å². The number of nitro groups is 1. The molecule has 8 heteroatoms. The molecule has 0 amide bonds. The maximum atomic E-state index is 13.2. The number of esters is 1. The minimum Gasteiger partial charge on any atom is -0.518 e. The molecular formula is C23H37NO6Si. The van der Waals surface area contributed by atoms with Gasteiger partial charge in [-0.3, -0.25) is 19.7 Å². The minimum absolute atomic E-state index is 0.0651. The highest BCUT2D eigenvalue weighted by molar-refractivity contribution is 6.78. The zero-order valence-corrected chi connectivity index (χ0v) is 21.0. The molecule has 0 radical (unpaired) electrons. The van der Waals surface area contributed by atoms with Gasteiger partial charge in [0.1, 0.15) is 5.92 Å². The molecule has 174 valence electrons. The Hall–Kier alpha value is -2.22. The fraction of sp³-hybridized carbons (Fsp3) is 0.652. The van der Waals surface area contributed by atoms with Gasteiger partial charge < -0.3 is 9.16 Å². The summed E-state index contributed by atoms with van der Waals surface area (Å²) in [4.78, 5) is 37.7. The molecule has 1 aromatic rings. The van der Waals surface area contributed by atoms with E-state index in [0.29, 0.717) is 5.56 Å². The van der Waals surface area contributed by atoms with Crippen molar-refractivity contribution in [2.45, 2.75) is 84.0 Å². The van der Waals surface area contributed by atoms with Crippen LogP contribution in [-0.4, -0.2) is 31.8 Å². The van der Waals surface area contributed by atoms with Crippen LogP contribution >= 0.6 is 0 Å². The molecule has 0 aliphatic rings. The molecule has 0 N–H and O–H groups in total. The number of ether oxygens (including phenoxy) is 1. The summed E-state index contributed by atoms with van der Waals surface area (Å²) in [5, 5.41) is 12.2. The van der Waals surface area contributed by atoms with E-state index in [0.717, 1.165) is 0 Å². The summed E-state index contributed by atoms with van der Waals surface area (Å²) in [6, 6.07) is 8.27. The summed E-state index contributed by atoms with van der Waals surface area (Å²) >= 11 is 0. The fourth-order valence-corrected chi connectivity index (χ4v) is 9.91. The number of benzene rings is 1. The lowest BCUT2D eigenvalue weighted by Gasteiger charge is -2.41. The van der Waals surface area contributed by atoms with E-state index in [4.69, 9.17) is 9.16 Å². The highest BCUT2D eigenvalue weighted by atomic mass is 28.4. The molecule has 1 rings (SSSR count). The number of carbonyl (C=O) groups excluding carboxylic acids is 2. The molecule has 0 bridgehead atoms. The molecule has 0 aliphatic carbocycles. The van der Waals surface area contributed by atoms with Gasteiger partial charge in [0.15, 0.2) is 0 Å². The first kappa shape index (κ1) is 26.8. The summed E-state index contributed by atoms with van der Waals surface area (Å²) in [5.74, 6) is -2.66. The highest BCUT2D eigenvalue weighted by Crippen LogP contribution is 2.43. The molecule has 0 spiro atoms. The van der Waals surface area contributed by atoms with Crippen molar-refractivity contribution < 1.29 is 23.7 Å². The number of rotatable bonds is 11. The topological polar surface area (TPSA) is 95.7 Å². The smallest absolute Gasteiger partial charge is 0.317 e. The van der Waals surface area contributed by atoms with E-state index >= 15 is 0 Å². The van der Waals surface area contributed by atoms with Gasteiger partial charge in [-0.1, -0.05) is 71.9 Å². The Labute approximate surface area is 186 Å². The summed E-state index contributed by atoms with van der Waals surface area (Å²) in [7, 11) is -2.55. The van der Waals surface area contributed by atoms with Gasteiger partial charge in [0, 0.05) is 17.4 Å². The van der Waals surface area contributed by atoms with Gasteiger partial charge in [-0.15, -0.1) is 0 Å². The van der Waals surface area contributed by atoms with Gasteiger partial charge in [-0.2, -0.15) is 0 Å². The molecule has 0 aromatic heterocycles. The van der Waals surface area contributed by atoms with Crippen LogP contribution in [0.15, 0.2) is 30.3 Å². The van der Waals surface area contributed by atoms with Gasteiger partial charge in [-0.05, 0) is 23.5 Å². The molecule has 0 aliphatic heterocycles. The Balaban J connectivity index is 3.42. The van der Waals surface area contributed by atoms with Crippen LogP contribution in [-0.2, 0) is 24.3 Å². The van der Waals surface area contributed by atoms with E-state index in [1.165, 1.54) is 6.92 Å². The van der Waals surface area contributed by atoms with Gasteiger partial charge in [0.25, 0.3) is 19.8 Å². The van der Waals surface area contributed by atoms with Gasteiger partial charge in [0.2, 0.25) is 0 Å². The lowest BCUT2D eigenvalue weighted by Crippen LogP contribution is -2.51. The number of carbonyl (C=O) groups is 2. The van der Waals surface area contributed by atoms with Crippen molar-refractivity contribution in [3.05, 3.63) is 46.0 Å². The number of hydrogen-bond acceptors (Lipinski definition) is 6. The summed E-state index contributed by atoms with van der Waals surface area (Å²) in [6.45, 7) is 15.4. The predicted octanol–water partition coefficient (Wildman–Crippen LogP) is 5.47. The monoisotopic (exact) mass is 451 g/mol. The van der Waals surface area contributed by atoms with Gasteiger partial charge in [-0.25, -0.2) is 0 Å². The molecule has 0 saturated carbocycles.